The fraction of sp³-hybridized carbons (Fsp3) is 0.0909. The van der Waals surface area contributed by atoms with Crippen molar-refractivity contribution in [1.82, 2.24) is 9.97 Å². The molecule has 0 saturated heterocycles. The van der Waals surface area contributed by atoms with Crippen molar-refractivity contribution in [3.05, 3.63) is 63.3 Å². The van der Waals surface area contributed by atoms with Gasteiger partial charge in [0, 0.05) is 18.2 Å². The van der Waals surface area contributed by atoms with E-state index in [1.165, 1.54) is 6.20 Å². The zero-order chi connectivity index (χ0) is 10.7. The molecule has 0 spiro atoms. The number of benzene rings is 1. The lowest BCUT2D eigenvalue weighted by Crippen LogP contribution is -2.13. The Hall–Kier alpha value is -1.61. The van der Waals surface area contributed by atoms with E-state index in [1.54, 1.807) is 0 Å². The van der Waals surface area contributed by atoms with Crippen LogP contribution in [0.5, 0.6) is 0 Å². The molecule has 4 heteroatoms. The van der Waals surface area contributed by atoms with Crippen LogP contribution in [0.25, 0.3) is 0 Å². The molecule has 0 saturated carbocycles. The maximum absolute atomic E-state index is 11.5. The van der Waals surface area contributed by atoms with Crippen LogP contribution < -0.4 is 5.56 Å². The number of aromatic amines is 1. The summed E-state index contributed by atoms with van der Waals surface area (Å²) < 4.78 is 0. The van der Waals surface area contributed by atoms with E-state index in [0.717, 1.165) is 5.56 Å². The Morgan fingerprint density at radius 3 is 2.67 bits per heavy atom. The number of aromatic nitrogens is 2. The average Bonchev–Trinajstić information content (AvgIpc) is 2.24. The number of hydrogen-bond donors (Lipinski definition) is 1. The number of nitrogens with zero attached hydrogens (tertiary/aromatic N) is 1. The monoisotopic (exact) mass is 220 g/mol. The number of rotatable bonds is 2. The zero-order valence-corrected chi connectivity index (χ0v) is 8.66. The van der Waals surface area contributed by atoms with E-state index in [4.69, 9.17) is 11.6 Å². The lowest BCUT2D eigenvalue weighted by molar-refractivity contribution is 1.03. The van der Waals surface area contributed by atoms with Crippen LogP contribution in [-0.4, -0.2) is 9.97 Å². The van der Waals surface area contributed by atoms with Gasteiger partial charge in [-0.3, -0.25) is 9.78 Å². The summed E-state index contributed by atoms with van der Waals surface area (Å²) in [5.41, 5.74) is 1.51. The van der Waals surface area contributed by atoms with E-state index in [1.807, 2.05) is 30.3 Å². The average molecular weight is 221 g/mol. The van der Waals surface area contributed by atoms with Crippen molar-refractivity contribution >= 4 is 11.6 Å². The molecule has 0 amide bonds. The maximum atomic E-state index is 11.5. The maximum Gasteiger partial charge on any atom is 0.255 e. The molecule has 1 heterocycles. The van der Waals surface area contributed by atoms with Gasteiger partial charge in [-0.25, -0.2) is 4.98 Å². The minimum absolute atomic E-state index is 0.122. The Morgan fingerprint density at radius 1 is 1.27 bits per heavy atom. The standard InChI is InChI=1S/C11H9ClN2O/c12-11-13-7-9(10(15)14-11)6-8-4-2-1-3-5-8/h1-5,7H,6H2,(H,13,14,15). The fourth-order valence-corrected chi connectivity index (χ4v) is 1.48. The molecule has 2 aromatic rings. The molecule has 2 rings (SSSR count). The second kappa shape index (κ2) is 4.28. The van der Waals surface area contributed by atoms with Crippen molar-refractivity contribution in [3.8, 4) is 0 Å². The molecule has 1 aromatic heterocycles. The van der Waals surface area contributed by atoms with Gasteiger partial charge in [0.25, 0.3) is 5.56 Å². The highest BCUT2D eigenvalue weighted by Gasteiger charge is 2.02. The summed E-state index contributed by atoms with van der Waals surface area (Å²) in [6, 6.07) is 9.75. The fourth-order valence-electron chi connectivity index (χ4n) is 1.34. The molecule has 3 nitrogen and oxygen atoms in total. The van der Waals surface area contributed by atoms with Crippen molar-refractivity contribution in [1.29, 1.82) is 0 Å². The molecule has 76 valence electrons. The number of hydrogen-bond acceptors (Lipinski definition) is 2. The predicted octanol–water partition coefficient (Wildman–Crippen LogP) is 2.01. The van der Waals surface area contributed by atoms with Gasteiger partial charge in [0.15, 0.2) is 0 Å². The molecule has 0 aliphatic rings. The van der Waals surface area contributed by atoms with Crippen molar-refractivity contribution in [2.75, 3.05) is 0 Å². The van der Waals surface area contributed by atoms with Crippen LogP contribution in [0.1, 0.15) is 11.1 Å². The molecule has 1 aromatic carbocycles. The van der Waals surface area contributed by atoms with Crippen LogP contribution in [0.3, 0.4) is 0 Å². The van der Waals surface area contributed by atoms with Crippen molar-refractivity contribution in [2.24, 2.45) is 0 Å². The van der Waals surface area contributed by atoms with Gasteiger partial charge >= 0.3 is 0 Å². The van der Waals surface area contributed by atoms with Crippen molar-refractivity contribution in [3.63, 3.8) is 0 Å². The lowest BCUT2D eigenvalue weighted by Gasteiger charge is -1.99. The Balaban J connectivity index is 2.29. The van der Waals surface area contributed by atoms with Crippen molar-refractivity contribution in [2.45, 2.75) is 6.42 Å². The first kappa shape index (κ1) is 9.93. The highest BCUT2D eigenvalue weighted by atomic mass is 35.5. The minimum atomic E-state index is -0.182. The van der Waals surface area contributed by atoms with Gasteiger partial charge in [-0.1, -0.05) is 30.3 Å². The summed E-state index contributed by atoms with van der Waals surface area (Å²) in [6.07, 6.45) is 2.08. The topological polar surface area (TPSA) is 45.8 Å². The summed E-state index contributed by atoms with van der Waals surface area (Å²) in [7, 11) is 0. The molecule has 0 bridgehead atoms. The molecule has 0 atom stereocenters. The van der Waals surface area contributed by atoms with E-state index in [9.17, 15) is 4.79 Å². The normalized spacial score (nSPS) is 10.2. The van der Waals surface area contributed by atoms with E-state index in [2.05, 4.69) is 9.97 Å². The molecule has 0 radical (unpaired) electrons. The van der Waals surface area contributed by atoms with E-state index in [-0.39, 0.29) is 10.8 Å². The summed E-state index contributed by atoms with van der Waals surface area (Å²) in [4.78, 5) is 17.8. The third-order valence-corrected chi connectivity index (χ3v) is 2.27. The first-order valence-corrected chi connectivity index (χ1v) is 4.91. The third-order valence-electron chi connectivity index (χ3n) is 2.08. The minimum Gasteiger partial charge on any atom is -0.297 e. The first-order chi connectivity index (χ1) is 7.25. The van der Waals surface area contributed by atoms with Crippen LogP contribution in [0, 0.1) is 0 Å². The van der Waals surface area contributed by atoms with Crippen LogP contribution in [0.4, 0.5) is 0 Å². The van der Waals surface area contributed by atoms with E-state index in [0.29, 0.717) is 12.0 Å². The first-order valence-electron chi connectivity index (χ1n) is 4.53. The smallest absolute Gasteiger partial charge is 0.255 e. The van der Waals surface area contributed by atoms with Gasteiger partial charge in [-0.15, -0.1) is 0 Å². The summed E-state index contributed by atoms with van der Waals surface area (Å²) >= 11 is 5.55. The number of halogens is 1. The Kier molecular flexibility index (Phi) is 2.83. The number of nitrogens with one attached hydrogen (secondary N) is 1. The van der Waals surface area contributed by atoms with E-state index < -0.39 is 0 Å². The predicted molar refractivity (Wildman–Crippen MR) is 59.1 cm³/mol. The van der Waals surface area contributed by atoms with Gasteiger partial charge in [0.2, 0.25) is 5.28 Å². The highest BCUT2D eigenvalue weighted by molar-refractivity contribution is 6.28. The quantitative estimate of drug-likeness (QED) is 0.787. The third kappa shape index (κ3) is 2.44. The molecular weight excluding hydrogens is 212 g/mol. The lowest BCUT2D eigenvalue weighted by atomic mass is 10.1. The summed E-state index contributed by atoms with van der Waals surface area (Å²) in [5.74, 6) is 0. The van der Waals surface area contributed by atoms with Crippen LogP contribution in [0.15, 0.2) is 41.3 Å². The molecule has 0 aliphatic heterocycles. The Morgan fingerprint density at radius 2 is 2.00 bits per heavy atom. The van der Waals surface area contributed by atoms with Gasteiger partial charge in [-0.05, 0) is 17.2 Å². The Bertz CT molecular complexity index is 507. The van der Waals surface area contributed by atoms with Crippen LogP contribution in [0.2, 0.25) is 5.28 Å². The van der Waals surface area contributed by atoms with E-state index >= 15 is 0 Å². The Labute approximate surface area is 91.8 Å². The second-order valence-electron chi connectivity index (χ2n) is 3.19. The highest BCUT2D eigenvalue weighted by Crippen LogP contribution is 2.05. The zero-order valence-electron chi connectivity index (χ0n) is 7.90. The van der Waals surface area contributed by atoms with Crippen LogP contribution in [-0.2, 0) is 6.42 Å². The van der Waals surface area contributed by atoms with Gasteiger partial charge < -0.3 is 0 Å². The number of H-pyrrole nitrogens is 1. The second-order valence-corrected chi connectivity index (χ2v) is 3.55. The molecule has 15 heavy (non-hydrogen) atoms. The largest absolute Gasteiger partial charge is 0.297 e. The van der Waals surface area contributed by atoms with Crippen molar-refractivity contribution < 1.29 is 0 Å². The summed E-state index contributed by atoms with van der Waals surface area (Å²) in [6.45, 7) is 0. The molecular formula is C11H9ClN2O. The molecule has 0 fully saturated rings. The van der Waals surface area contributed by atoms with Gasteiger partial charge in [-0.2, -0.15) is 0 Å². The SMILES string of the molecule is O=c1[nH]c(Cl)ncc1Cc1ccccc1. The molecule has 1 N–H and O–H groups in total. The summed E-state index contributed by atoms with van der Waals surface area (Å²) in [5, 5.41) is 0.122. The molecule has 0 unspecified atom stereocenters. The van der Waals surface area contributed by atoms with Gasteiger partial charge in [0.05, 0.1) is 0 Å². The van der Waals surface area contributed by atoms with Crippen LogP contribution >= 0.6 is 11.6 Å². The molecule has 0 aliphatic carbocycles. The van der Waals surface area contributed by atoms with Gasteiger partial charge in [0.1, 0.15) is 0 Å².